The molecule has 6 heteroatoms. The highest BCUT2D eigenvalue weighted by Crippen LogP contribution is 2.23. The summed E-state index contributed by atoms with van der Waals surface area (Å²) >= 11 is 0. The molecule has 19 heavy (non-hydrogen) atoms. The van der Waals surface area contributed by atoms with Crippen LogP contribution in [-0.2, 0) is 9.59 Å². The van der Waals surface area contributed by atoms with Crippen LogP contribution in [0.25, 0.3) is 0 Å². The van der Waals surface area contributed by atoms with Crippen LogP contribution in [0.3, 0.4) is 0 Å². The van der Waals surface area contributed by atoms with Gasteiger partial charge in [0.05, 0.1) is 12.1 Å². The highest BCUT2D eigenvalue weighted by Gasteiger charge is 2.37. The zero-order valence-corrected chi connectivity index (χ0v) is 11.2. The summed E-state index contributed by atoms with van der Waals surface area (Å²) < 4.78 is 0. The molecule has 2 rings (SSSR count). The molecule has 2 saturated heterocycles. The molecule has 2 aliphatic rings. The molecule has 0 unspecified atom stereocenters. The lowest BCUT2D eigenvalue weighted by atomic mass is 10.0. The molecule has 6 nitrogen and oxygen atoms in total. The number of carbonyl (C=O) groups is 2. The van der Waals surface area contributed by atoms with Gasteiger partial charge in [-0.1, -0.05) is 0 Å². The van der Waals surface area contributed by atoms with Crippen molar-refractivity contribution in [1.29, 1.82) is 5.26 Å². The number of nitriles is 1. The maximum absolute atomic E-state index is 12.3. The number of amides is 2. The Morgan fingerprint density at radius 3 is 3.00 bits per heavy atom. The lowest BCUT2D eigenvalue weighted by molar-refractivity contribution is -0.133. The summed E-state index contributed by atoms with van der Waals surface area (Å²) in [4.78, 5) is 25.3. The summed E-state index contributed by atoms with van der Waals surface area (Å²) in [5, 5.41) is 14.8. The molecule has 2 heterocycles. The third-order valence-electron chi connectivity index (χ3n) is 3.96. The van der Waals surface area contributed by atoms with E-state index in [0.717, 1.165) is 12.8 Å². The number of rotatable bonds is 3. The van der Waals surface area contributed by atoms with Crippen LogP contribution in [0, 0.1) is 17.2 Å². The molecule has 2 N–H and O–H groups in total. The number of hydrogen-bond acceptors (Lipinski definition) is 4. The minimum atomic E-state index is -0.271. The van der Waals surface area contributed by atoms with Crippen LogP contribution in [0.1, 0.15) is 25.7 Å². The summed E-state index contributed by atoms with van der Waals surface area (Å²) in [6.45, 7) is 1.37. The summed E-state index contributed by atoms with van der Waals surface area (Å²) in [5.41, 5.74) is 0. The summed E-state index contributed by atoms with van der Waals surface area (Å²) in [6, 6.07) is 1.68. The standard InChI is InChI=1S/C13H20N4O2/c1-15-12(18)6-9-5-11(16-8-9)13(19)17-4-2-3-10(17)7-14/h9-11,16H,2-6,8H2,1H3,(H,15,18)/t9-,10+,11+/m1/s1. The van der Waals surface area contributed by atoms with Crippen molar-refractivity contribution in [2.75, 3.05) is 20.1 Å². The van der Waals surface area contributed by atoms with Gasteiger partial charge in [-0.2, -0.15) is 5.26 Å². The monoisotopic (exact) mass is 264 g/mol. The first-order chi connectivity index (χ1) is 9.15. The molecule has 0 bridgehead atoms. The fourth-order valence-corrected chi connectivity index (χ4v) is 2.88. The predicted octanol–water partition coefficient (Wildman–Crippen LogP) is -0.385. The van der Waals surface area contributed by atoms with Gasteiger partial charge < -0.3 is 15.5 Å². The average molecular weight is 264 g/mol. The van der Waals surface area contributed by atoms with Gasteiger partial charge in [-0.3, -0.25) is 9.59 Å². The lowest BCUT2D eigenvalue weighted by Gasteiger charge is -2.23. The topological polar surface area (TPSA) is 85.2 Å². The Morgan fingerprint density at radius 2 is 2.32 bits per heavy atom. The van der Waals surface area contributed by atoms with Crippen molar-refractivity contribution in [2.24, 2.45) is 5.92 Å². The minimum absolute atomic E-state index is 0.0102. The molecule has 0 spiro atoms. The molecular weight excluding hydrogens is 244 g/mol. The Kier molecular flexibility index (Phi) is 4.38. The number of nitrogens with one attached hydrogen (secondary N) is 2. The van der Waals surface area contributed by atoms with Gasteiger partial charge in [0.25, 0.3) is 0 Å². The number of nitrogens with zero attached hydrogens (tertiary/aromatic N) is 2. The van der Waals surface area contributed by atoms with Crippen LogP contribution in [0.4, 0.5) is 0 Å². The zero-order chi connectivity index (χ0) is 13.8. The number of likely N-dealkylation sites (tertiary alicyclic amines) is 1. The highest BCUT2D eigenvalue weighted by atomic mass is 16.2. The van der Waals surface area contributed by atoms with Gasteiger partial charge in [-0.05, 0) is 31.7 Å². The van der Waals surface area contributed by atoms with Crippen molar-refractivity contribution in [3.63, 3.8) is 0 Å². The molecule has 0 aromatic heterocycles. The number of carbonyl (C=O) groups excluding carboxylic acids is 2. The Bertz CT molecular complexity index is 404. The second kappa shape index (κ2) is 6.02. The normalized spacial score (nSPS) is 30.1. The van der Waals surface area contributed by atoms with E-state index in [9.17, 15) is 9.59 Å². The van der Waals surface area contributed by atoms with Crippen LogP contribution in [0.15, 0.2) is 0 Å². The second-order valence-corrected chi connectivity index (χ2v) is 5.26. The van der Waals surface area contributed by atoms with Crippen LogP contribution >= 0.6 is 0 Å². The molecular formula is C13H20N4O2. The minimum Gasteiger partial charge on any atom is -0.359 e. The van der Waals surface area contributed by atoms with Gasteiger partial charge in [0.1, 0.15) is 6.04 Å². The zero-order valence-electron chi connectivity index (χ0n) is 11.2. The van der Waals surface area contributed by atoms with Crippen LogP contribution in [-0.4, -0.2) is 48.9 Å². The molecule has 2 fully saturated rings. The van der Waals surface area contributed by atoms with Crippen LogP contribution < -0.4 is 10.6 Å². The average Bonchev–Trinajstić information content (AvgIpc) is 3.06. The van der Waals surface area contributed by atoms with E-state index in [1.54, 1.807) is 11.9 Å². The van der Waals surface area contributed by atoms with E-state index >= 15 is 0 Å². The van der Waals surface area contributed by atoms with Crippen LogP contribution in [0.5, 0.6) is 0 Å². The Labute approximate surface area is 113 Å². The summed E-state index contributed by atoms with van der Waals surface area (Å²) in [6.07, 6.45) is 2.81. The van der Waals surface area contributed by atoms with Gasteiger partial charge in [0.2, 0.25) is 11.8 Å². The Hall–Kier alpha value is -1.61. The van der Waals surface area contributed by atoms with Gasteiger partial charge in [0.15, 0.2) is 0 Å². The fraction of sp³-hybridized carbons (Fsp3) is 0.769. The molecule has 3 atom stereocenters. The molecule has 104 valence electrons. The van der Waals surface area contributed by atoms with E-state index < -0.39 is 0 Å². The van der Waals surface area contributed by atoms with E-state index in [0.29, 0.717) is 25.9 Å². The van der Waals surface area contributed by atoms with Gasteiger partial charge in [-0.15, -0.1) is 0 Å². The molecule has 0 aromatic carbocycles. The van der Waals surface area contributed by atoms with E-state index in [-0.39, 0.29) is 29.8 Å². The summed E-state index contributed by atoms with van der Waals surface area (Å²) in [7, 11) is 1.62. The maximum Gasteiger partial charge on any atom is 0.240 e. The lowest BCUT2D eigenvalue weighted by Crippen LogP contribution is -2.45. The largest absolute Gasteiger partial charge is 0.359 e. The molecule has 0 saturated carbocycles. The van der Waals surface area contributed by atoms with E-state index in [1.165, 1.54) is 0 Å². The SMILES string of the molecule is CNC(=O)C[C@@H]1CN[C@H](C(=O)N2CCC[C@H]2C#N)C1. The smallest absolute Gasteiger partial charge is 0.240 e. The molecule has 2 amide bonds. The highest BCUT2D eigenvalue weighted by molar-refractivity contribution is 5.83. The van der Waals surface area contributed by atoms with Gasteiger partial charge >= 0.3 is 0 Å². The van der Waals surface area contributed by atoms with E-state index in [2.05, 4.69) is 16.7 Å². The van der Waals surface area contributed by atoms with Crippen molar-refractivity contribution in [1.82, 2.24) is 15.5 Å². The quantitative estimate of drug-likeness (QED) is 0.727. The van der Waals surface area contributed by atoms with E-state index in [1.807, 2.05) is 0 Å². The summed E-state index contributed by atoms with van der Waals surface area (Å²) in [5.74, 6) is 0.233. The van der Waals surface area contributed by atoms with Crippen molar-refractivity contribution >= 4 is 11.8 Å². The maximum atomic E-state index is 12.3. The first-order valence-corrected chi connectivity index (χ1v) is 6.79. The number of hydrogen-bond donors (Lipinski definition) is 2. The van der Waals surface area contributed by atoms with Crippen LogP contribution in [0.2, 0.25) is 0 Å². The molecule has 0 radical (unpaired) electrons. The van der Waals surface area contributed by atoms with Crippen molar-refractivity contribution in [2.45, 2.75) is 37.8 Å². The third-order valence-corrected chi connectivity index (χ3v) is 3.96. The van der Waals surface area contributed by atoms with E-state index in [4.69, 9.17) is 5.26 Å². The van der Waals surface area contributed by atoms with Crippen molar-refractivity contribution in [3.05, 3.63) is 0 Å². The third kappa shape index (κ3) is 3.04. The van der Waals surface area contributed by atoms with Crippen molar-refractivity contribution < 1.29 is 9.59 Å². The first-order valence-electron chi connectivity index (χ1n) is 6.79. The second-order valence-electron chi connectivity index (χ2n) is 5.26. The first kappa shape index (κ1) is 13.8. The molecule has 2 aliphatic heterocycles. The fourth-order valence-electron chi connectivity index (χ4n) is 2.88. The predicted molar refractivity (Wildman–Crippen MR) is 68.9 cm³/mol. The van der Waals surface area contributed by atoms with Gasteiger partial charge in [-0.25, -0.2) is 0 Å². The Morgan fingerprint density at radius 1 is 1.53 bits per heavy atom. The molecule has 0 aliphatic carbocycles. The molecule has 0 aromatic rings. The van der Waals surface area contributed by atoms with Crippen molar-refractivity contribution in [3.8, 4) is 6.07 Å². The Balaban J connectivity index is 1.88. The van der Waals surface area contributed by atoms with Gasteiger partial charge in [0, 0.05) is 20.0 Å².